The van der Waals surface area contributed by atoms with Crippen molar-refractivity contribution in [2.24, 2.45) is 0 Å². The molecule has 7 nitrogen and oxygen atoms in total. The van der Waals surface area contributed by atoms with Crippen molar-refractivity contribution in [1.82, 2.24) is 15.8 Å². The van der Waals surface area contributed by atoms with Crippen molar-refractivity contribution in [3.63, 3.8) is 0 Å². The van der Waals surface area contributed by atoms with Gasteiger partial charge in [0, 0.05) is 12.2 Å². The van der Waals surface area contributed by atoms with Crippen LogP contribution in [0.1, 0.15) is 36.5 Å². The Morgan fingerprint density at radius 2 is 1.93 bits per heavy atom. The third-order valence-corrected chi connectivity index (χ3v) is 5.91. The Morgan fingerprint density at radius 1 is 1.17 bits per heavy atom. The van der Waals surface area contributed by atoms with Gasteiger partial charge in [-0.1, -0.05) is 55.0 Å². The van der Waals surface area contributed by atoms with Crippen LogP contribution in [0.15, 0.2) is 48.5 Å². The van der Waals surface area contributed by atoms with Crippen LogP contribution in [-0.4, -0.2) is 35.9 Å². The third-order valence-electron chi connectivity index (χ3n) is 5.91. The van der Waals surface area contributed by atoms with E-state index in [2.05, 4.69) is 23.7 Å². The number of hydrogen-bond donors (Lipinski definition) is 2. The first-order valence-corrected chi connectivity index (χ1v) is 10.3. The molecule has 2 aliphatic rings. The molecule has 0 saturated carbocycles. The molecule has 156 valence electrons. The van der Waals surface area contributed by atoms with Crippen LogP contribution in [0.5, 0.6) is 0 Å². The molecule has 1 unspecified atom stereocenters. The Morgan fingerprint density at radius 3 is 2.67 bits per heavy atom. The smallest absolute Gasteiger partial charge is 0.344 e. The summed E-state index contributed by atoms with van der Waals surface area (Å²) >= 11 is 0. The summed E-state index contributed by atoms with van der Waals surface area (Å²) in [6, 6.07) is 14.7. The van der Waals surface area contributed by atoms with E-state index in [9.17, 15) is 14.4 Å². The highest BCUT2D eigenvalue weighted by Gasteiger charge is 2.52. The van der Waals surface area contributed by atoms with Crippen LogP contribution >= 0.6 is 0 Å². The zero-order chi connectivity index (χ0) is 21.3. The number of amides is 4. The minimum Gasteiger partial charge on any atom is -0.362 e. The molecule has 2 heterocycles. The molecule has 1 fully saturated rings. The van der Waals surface area contributed by atoms with E-state index in [0.29, 0.717) is 12.0 Å². The van der Waals surface area contributed by atoms with E-state index in [1.54, 1.807) is 12.1 Å². The van der Waals surface area contributed by atoms with Crippen molar-refractivity contribution in [2.75, 3.05) is 18.0 Å². The molecule has 0 aromatic heterocycles. The third kappa shape index (κ3) is 3.40. The largest absolute Gasteiger partial charge is 0.362 e. The average Bonchev–Trinajstić information content (AvgIpc) is 2.99. The summed E-state index contributed by atoms with van der Waals surface area (Å²) in [5.74, 6) is -0.865. The predicted molar refractivity (Wildman–Crippen MR) is 114 cm³/mol. The highest BCUT2D eigenvalue weighted by molar-refractivity contribution is 6.08. The fourth-order valence-corrected chi connectivity index (χ4v) is 4.34. The highest BCUT2D eigenvalue weighted by atomic mass is 16.2. The van der Waals surface area contributed by atoms with Gasteiger partial charge in [0.1, 0.15) is 5.54 Å². The van der Waals surface area contributed by atoms with Crippen molar-refractivity contribution in [3.05, 3.63) is 65.2 Å². The summed E-state index contributed by atoms with van der Waals surface area (Å²) in [5, 5.41) is 3.59. The number of hydrazine groups is 1. The van der Waals surface area contributed by atoms with Crippen molar-refractivity contribution >= 4 is 23.5 Å². The van der Waals surface area contributed by atoms with E-state index in [-0.39, 0.29) is 6.54 Å². The van der Waals surface area contributed by atoms with Crippen molar-refractivity contribution in [1.29, 1.82) is 0 Å². The van der Waals surface area contributed by atoms with Crippen LogP contribution in [0.25, 0.3) is 0 Å². The second-order valence-corrected chi connectivity index (χ2v) is 7.89. The van der Waals surface area contributed by atoms with Crippen molar-refractivity contribution in [3.8, 4) is 0 Å². The monoisotopic (exact) mass is 406 g/mol. The molecule has 1 saturated heterocycles. The molecule has 7 heteroatoms. The SMILES string of the molecule is CCC1(c2ccccc2)NC(=O)N(NC(=O)CN2CCCc3cc(C)ccc32)C1=O. The molecule has 4 rings (SSSR count). The van der Waals surface area contributed by atoms with E-state index < -0.39 is 23.4 Å². The van der Waals surface area contributed by atoms with Gasteiger partial charge in [0.15, 0.2) is 0 Å². The zero-order valence-electron chi connectivity index (χ0n) is 17.3. The Bertz CT molecular complexity index is 991. The Hall–Kier alpha value is -3.35. The summed E-state index contributed by atoms with van der Waals surface area (Å²) in [6.07, 6.45) is 2.32. The first-order valence-electron chi connectivity index (χ1n) is 10.3. The van der Waals surface area contributed by atoms with Crippen molar-refractivity contribution in [2.45, 2.75) is 38.6 Å². The van der Waals surface area contributed by atoms with Gasteiger partial charge >= 0.3 is 6.03 Å². The van der Waals surface area contributed by atoms with Crippen LogP contribution < -0.4 is 15.6 Å². The van der Waals surface area contributed by atoms with Gasteiger partial charge in [0.05, 0.1) is 6.54 Å². The average molecular weight is 406 g/mol. The molecular weight excluding hydrogens is 380 g/mol. The minimum absolute atomic E-state index is 0.0809. The minimum atomic E-state index is -1.17. The van der Waals surface area contributed by atoms with Crippen LogP contribution in [-0.2, 0) is 21.5 Å². The van der Waals surface area contributed by atoms with Crippen molar-refractivity contribution < 1.29 is 14.4 Å². The van der Waals surface area contributed by atoms with E-state index in [4.69, 9.17) is 0 Å². The molecule has 0 bridgehead atoms. The fourth-order valence-electron chi connectivity index (χ4n) is 4.34. The van der Waals surface area contributed by atoms with Gasteiger partial charge in [0.25, 0.3) is 11.8 Å². The van der Waals surface area contributed by atoms with E-state index in [1.807, 2.05) is 42.2 Å². The van der Waals surface area contributed by atoms with Gasteiger partial charge in [-0.25, -0.2) is 4.79 Å². The van der Waals surface area contributed by atoms with Crippen LogP contribution in [0.2, 0.25) is 0 Å². The number of aryl methyl sites for hydroxylation is 2. The number of carbonyl (C=O) groups is 3. The Labute approximate surface area is 176 Å². The van der Waals surface area contributed by atoms with E-state index in [0.717, 1.165) is 30.1 Å². The Kier molecular flexibility index (Phi) is 5.20. The number of anilines is 1. The maximum atomic E-state index is 13.1. The van der Waals surface area contributed by atoms with E-state index in [1.165, 1.54) is 11.1 Å². The molecule has 30 heavy (non-hydrogen) atoms. The lowest BCUT2D eigenvalue weighted by molar-refractivity contribution is -0.139. The van der Waals surface area contributed by atoms with Gasteiger partial charge in [-0.2, -0.15) is 5.01 Å². The second-order valence-electron chi connectivity index (χ2n) is 7.89. The first-order chi connectivity index (χ1) is 14.4. The lowest BCUT2D eigenvalue weighted by Gasteiger charge is -2.31. The standard InChI is InChI=1S/C23H26N4O3/c1-3-23(18-9-5-4-6-10-18)21(29)27(22(30)24-23)25-20(28)15-26-13-7-8-17-14-16(2)11-12-19(17)26/h4-6,9-12,14H,3,7-8,13,15H2,1-2H3,(H,24,30)(H,25,28). The predicted octanol–water partition coefficient (Wildman–Crippen LogP) is 2.64. The van der Waals surface area contributed by atoms with Gasteiger partial charge in [0.2, 0.25) is 0 Å². The fraction of sp³-hybridized carbons (Fsp3) is 0.348. The number of hydrogen-bond acceptors (Lipinski definition) is 4. The van der Waals surface area contributed by atoms with Gasteiger partial charge < -0.3 is 10.2 Å². The summed E-state index contributed by atoms with van der Waals surface area (Å²) in [7, 11) is 0. The normalized spacial score (nSPS) is 20.7. The van der Waals surface area contributed by atoms with Gasteiger partial charge in [-0.3, -0.25) is 15.0 Å². The van der Waals surface area contributed by atoms with Gasteiger partial charge in [-0.05, 0) is 43.4 Å². The summed E-state index contributed by atoms with van der Waals surface area (Å²) < 4.78 is 0. The number of rotatable bonds is 5. The van der Waals surface area contributed by atoms with Gasteiger partial charge in [-0.15, -0.1) is 0 Å². The number of nitrogens with one attached hydrogen (secondary N) is 2. The number of imide groups is 1. The maximum Gasteiger partial charge on any atom is 0.344 e. The molecule has 2 aliphatic heterocycles. The lowest BCUT2D eigenvalue weighted by atomic mass is 9.87. The molecule has 2 N–H and O–H groups in total. The summed E-state index contributed by atoms with van der Waals surface area (Å²) in [5.41, 5.74) is 5.49. The summed E-state index contributed by atoms with van der Waals surface area (Å²) in [6.45, 7) is 4.73. The first kappa shape index (κ1) is 19.9. The molecule has 0 aliphatic carbocycles. The van der Waals surface area contributed by atoms with Crippen LogP contribution in [0.3, 0.4) is 0 Å². The number of urea groups is 1. The Balaban J connectivity index is 1.49. The molecule has 0 radical (unpaired) electrons. The lowest BCUT2D eigenvalue weighted by Crippen LogP contribution is -2.51. The highest BCUT2D eigenvalue weighted by Crippen LogP contribution is 2.32. The van der Waals surface area contributed by atoms with Crippen LogP contribution in [0.4, 0.5) is 10.5 Å². The number of benzene rings is 2. The summed E-state index contributed by atoms with van der Waals surface area (Å²) in [4.78, 5) is 40.4. The maximum absolute atomic E-state index is 13.1. The molecule has 0 spiro atoms. The quantitative estimate of drug-likeness (QED) is 0.748. The molecule has 2 aromatic rings. The number of fused-ring (bicyclic) bond motifs is 1. The molecule has 1 atom stereocenters. The number of carbonyl (C=O) groups excluding carboxylic acids is 3. The number of nitrogens with zero attached hydrogens (tertiary/aromatic N) is 2. The van der Waals surface area contributed by atoms with E-state index >= 15 is 0 Å². The molecular formula is C23H26N4O3. The topological polar surface area (TPSA) is 81.8 Å². The second kappa shape index (κ2) is 7.82. The molecule has 2 aromatic carbocycles. The molecule has 4 amide bonds. The zero-order valence-corrected chi connectivity index (χ0v) is 17.3. The van der Waals surface area contributed by atoms with Crippen LogP contribution in [0, 0.1) is 6.92 Å².